The minimum Gasteiger partial charge on any atom is -0.494 e. The largest absolute Gasteiger partial charge is 0.494 e. The van der Waals surface area contributed by atoms with E-state index in [2.05, 4.69) is 9.97 Å². The number of anilines is 1. The molecule has 2 N–H and O–H groups in total. The topological polar surface area (TPSA) is 75.2 Å². The number of methoxy groups -OCH3 is 1. The summed E-state index contributed by atoms with van der Waals surface area (Å²) in [5, 5.41) is 0. The Labute approximate surface area is 148 Å². The number of ether oxygens (including phenoxy) is 2. The highest BCUT2D eigenvalue weighted by Crippen LogP contribution is 2.39. The van der Waals surface area contributed by atoms with E-state index in [1.165, 1.54) is 0 Å². The second-order valence-corrected chi connectivity index (χ2v) is 6.55. The summed E-state index contributed by atoms with van der Waals surface area (Å²) in [6.07, 6.45) is 5.44. The summed E-state index contributed by atoms with van der Waals surface area (Å²) >= 11 is 1.60. The number of thiophene rings is 1. The first kappa shape index (κ1) is 15.5. The van der Waals surface area contributed by atoms with Gasteiger partial charge < -0.3 is 19.8 Å². The van der Waals surface area contributed by atoms with E-state index in [-0.39, 0.29) is 0 Å². The predicted octanol–water partition coefficient (Wildman–Crippen LogP) is 4.08. The molecule has 0 radical (unpaired) electrons. The van der Waals surface area contributed by atoms with E-state index in [1.807, 2.05) is 36.0 Å². The fourth-order valence-electron chi connectivity index (χ4n) is 2.59. The van der Waals surface area contributed by atoms with Gasteiger partial charge in [0, 0.05) is 37.8 Å². The number of nitrogens with zero attached hydrogens (tertiary/aromatic N) is 3. The van der Waals surface area contributed by atoms with Gasteiger partial charge in [0.2, 0.25) is 0 Å². The van der Waals surface area contributed by atoms with Crippen LogP contribution in [-0.4, -0.2) is 21.6 Å². The molecular weight excluding hydrogens is 336 g/mol. The van der Waals surface area contributed by atoms with Gasteiger partial charge in [-0.15, -0.1) is 11.3 Å². The molecule has 0 bridgehead atoms. The second-order valence-electron chi connectivity index (χ2n) is 5.50. The number of hydrogen-bond donors (Lipinski definition) is 1. The minimum absolute atomic E-state index is 0.572. The second kappa shape index (κ2) is 6.10. The van der Waals surface area contributed by atoms with Crippen molar-refractivity contribution in [2.75, 3.05) is 12.8 Å². The van der Waals surface area contributed by atoms with Gasteiger partial charge in [-0.1, -0.05) is 0 Å². The van der Waals surface area contributed by atoms with Gasteiger partial charge in [-0.25, -0.2) is 4.98 Å². The lowest BCUT2D eigenvalue weighted by atomic mass is 10.3. The van der Waals surface area contributed by atoms with Crippen LogP contribution in [0.25, 0.3) is 20.9 Å². The number of nitrogen functional groups attached to an aromatic ring is 1. The Balaban J connectivity index is 1.75. The lowest BCUT2D eigenvalue weighted by Gasteiger charge is -2.09. The van der Waals surface area contributed by atoms with Crippen molar-refractivity contribution in [1.82, 2.24) is 14.5 Å². The SMILES string of the molecule is COc1cc(Oc2ccnc3cc(-c4nccn4C)sc23)ccc1N. The summed E-state index contributed by atoms with van der Waals surface area (Å²) in [7, 11) is 3.55. The minimum atomic E-state index is 0.572. The first-order chi connectivity index (χ1) is 12.2. The Bertz CT molecular complexity index is 1050. The van der Waals surface area contributed by atoms with Gasteiger partial charge in [0.15, 0.2) is 0 Å². The normalized spacial score (nSPS) is 11.0. The molecule has 0 atom stereocenters. The highest BCUT2D eigenvalue weighted by atomic mass is 32.1. The van der Waals surface area contributed by atoms with Gasteiger partial charge in [-0.05, 0) is 18.2 Å². The van der Waals surface area contributed by atoms with E-state index >= 15 is 0 Å². The van der Waals surface area contributed by atoms with Crippen LogP contribution >= 0.6 is 11.3 Å². The van der Waals surface area contributed by atoms with Crippen molar-refractivity contribution in [2.24, 2.45) is 7.05 Å². The highest BCUT2D eigenvalue weighted by molar-refractivity contribution is 7.22. The van der Waals surface area contributed by atoms with E-state index in [0.717, 1.165) is 26.7 Å². The molecule has 1 aromatic carbocycles. The summed E-state index contributed by atoms with van der Waals surface area (Å²) in [5.74, 6) is 2.89. The van der Waals surface area contributed by atoms with Gasteiger partial charge in [0.05, 0.1) is 27.9 Å². The molecule has 4 aromatic rings. The fourth-order valence-corrected chi connectivity index (χ4v) is 3.70. The van der Waals surface area contributed by atoms with Gasteiger partial charge in [-0.2, -0.15) is 0 Å². The number of fused-ring (bicyclic) bond motifs is 1. The number of nitrogens with two attached hydrogens (primary N) is 1. The number of hydrogen-bond acceptors (Lipinski definition) is 6. The predicted molar refractivity (Wildman–Crippen MR) is 99.3 cm³/mol. The average molecular weight is 352 g/mol. The number of pyridine rings is 1. The Morgan fingerprint density at radius 3 is 2.72 bits per heavy atom. The van der Waals surface area contributed by atoms with E-state index in [1.54, 1.807) is 43.0 Å². The Kier molecular flexibility index (Phi) is 3.77. The molecule has 4 rings (SSSR count). The van der Waals surface area contributed by atoms with Crippen molar-refractivity contribution < 1.29 is 9.47 Å². The Morgan fingerprint density at radius 1 is 1.08 bits per heavy atom. The van der Waals surface area contributed by atoms with Gasteiger partial charge in [-0.3, -0.25) is 4.98 Å². The molecule has 25 heavy (non-hydrogen) atoms. The number of rotatable bonds is 4. The zero-order chi connectivity index (χ0) is 17.4. The third-order valence-corrected chi connectivity index (χ3v) is 4.98. The Morgan fingerprint density at radius 2 is 1.96 bits per heavy atom. The molecule has 0 aliphatic carbocycles. The maximum Gasteiger partial charge on any atom is 0.149 e. The summed E-state index contributed by atoms with van der Waals surface area (Å²) < 4.78 is 14.3. The fraction of sp³-hybridized carbons (Fsp3) is 0.111. The smallest absolute Gasteiger partial charge is 0.149 e. The van der Waals surface area contributed by atoms with Crippen LogP contribution in [0.15, 0.2) is 48.9 Å². The standard InChI is InChI=1S/C18H16N4O2S/c1-22-8-7-21-18(22)16-10-13-17(25-16)14(5-6-20-13)24-11-3-4-12(19)15(9-11)23-2/h3-10H,19H2,1-2H3. The summed E-state index contributed by atoms with van der Waals surface area (Å²) in [4.78, 5) is 9.88. The average Bonchev–Trinajstić information content (AvgIpc) is 3.22. The van der Waals surface area contributed by atoms with Crippen LogP contribution in [0.4, 0.5) is 5.69 Å². The molecule has 0 saturated heterocycles. The molecule has 0 unspecified atom stereocenters. The lowest BCUT2D eigenvalue weighted by Crippen LogP contribution is -1.93. The molecule has 0 amide bonds. The molecule has 0 saturated carbocycles. The third kappa shape index (κ3) is 2.78. The van der Waals surface area contributed by atoms with Crippen molar-refractivity contribution in [3.05, 3.63) is 48.9 Å². The van der Waals surface area contributed by atoms with E-state index in [4.69, 9.17) is 15.2 Å². The summed E-state index contributed by atoms with van der Waals surface area (Å²) in [6.45, 7) is 0. The van der Waals surface area contributed by atoms with Crippen LogP contribution < -0.4 is 15.2 Å². The molecule has 0 aliphatic heterocycles. The number of imidazole rings is 1. The Hall–Kier alpha value is -3.06. The maximum absolute atomic E-state index is 6.06. The first-order valence-electron chi connectivity index (χ1n) is 7.63. The molecule has 7 heteroatoms. The molecule has 3 aromatic heterocycles. The van der Waals surface area contributed by atoms with Crippen LogP contribution in [0.2, 0.25) is 0 Å². The number of benzene rings is 1. The zero-order valence-electron chi connectivity index (χ0n) is 13.8. The van der Waals surface area contributed by atoms with Crippen LogP contribution in [-0.2, 0) is 7.05 Å². The van der Waals surface area contributed by atoms with Gasteiger partial charge in [0.25, 0.3) is 0 Å². The molecule has 0 aliphatic rings. The van der Waals surface area contributed by atoms with Gasteiger partial charge in [0.1, 0.15) is 23.1 Å². The maximum atomic E-state index is 6.06. The van der Waals surface area contributed by atoms with Crippen molar-refractivity contribution in [3.63, 3.8) is 0 Å². The van der Waals surface area contributed by atoms with E-state index in [9.17, 15) is 0 Å². The van der Waals surface area contributed by atoms with Crippen molar-refractivity contribution in [1.29, 1.82) is 0 Å². The van der Waals surface area contributed by atoms with Crippen molar-refractivity contribution >= 4 is 27.2 Å². The van der Waals surface area contributed by atoms with E-state index in [0.29, 0.717) is 17.2 Å². The van der Waals surface area contributed by atoms with Gasteiger partial charge >= 0.3 is 0 Å². The molecule has 3 heterocycles. The molecule has 6 nitrogen and oxygen atoms in total. The summed E-state index contributed by atoms with van der Waals surface area (Å²) in [6, 6.07) is 9.23. The molecule has 0 fully saturated rings. The van der Waals surface area contributed by atoms with Crippen molar-refractivity contribution in [3.8, 4) is 28.0 Å². The number of aryl methyl sites for hydroxylation is 1. The summed E-state index contributed by atoms with van der Waals surface area (Å²) in [5.41, 5.74) is 7.31. The van der Waals surface area contributed by atoms with Crippen LogP contribution in [0.3, 0.4) is 0 Å². The third-order valence-electron chi connectivity index (χ3n) is 3.85. The zero-order valence-corrected chi connectivity index (χ0v) is 14.6. The van der Waals surface area contributed by atoms with Crippen LogP contribution in [0.5, 0.6) is 17.2 Å². The first-order valence-corrected chi connectivity index (χ1v) is 8.45. The van der Waals surface area contributed by atoms with Crippen LogP contribution in [0.1, 0.15) is 0 Å². The quantitative estimate of drug-likeness (QED) is 0.560. The van der Waals surface area contributed by atoms with Crippen LogP contribution in [0, 0.1) is 0 Å². The monoisotopic (exact) mass is 352 g/mol. The molecular formula is C18H16N4O2S. The van der Waals surface area contributed by atoms with E-state index < -0.39 is 0 Å². The van der Waals surface area contributed by atoms with Crippen molar-refractivity contribution in [2.45, 2.75) is 0 Å². The molecule has 126 valence electrons. The lowest BCUT2D eigenvalue weighted by molar-refractivity contribution is 0.411. The number of aromatic nitrogens is 3. The molecule has 0 spiro atoms. The highest BCUT2D eigenvalue weighted by Gasteiger charge is 2.13.